The Morgan fingerprint density at radius 2 is 1.43 bits per heavy atom. The van der Waals surface area contributed by atoms with Gasteiger partial charge in [0.05, 0.1) is 6.04 Å². The van der Waals surface area contributed by atoms with Gasteiger partial charge in [-0.05, 0) is 56.6 Å². The molecular formula is C22H42N6O6S. The van der Waals surface area contributed by atoms with Gasteiger partial charge in [0, 0.05) is 6.42 Å². The zero-order valence-corrected chi connectivity index (χ0v) is 21.7. The molecule has 5 atom stereocenters. The number of unbranched alkanes of at least 4 members (excludes halogenated alkanes) is 1. The van der Waals surface area contributed by atoms with E-state index in [0.29, 0.717) is 38.0 Å². The first kappa shape index (κ1) is 32.6. The molecule has 10 N–H and O–H groups in total. The van der Waals surface area contributed by atoms with Crippen molar-refractivity contribution in [3.8, 4) is 0 Å². The Hall–Kier alpha value is -2.38. The summed E-state index contributed by atoms with van der Waals surface area (Å²) >= 11 is 1.45. The molecular weight excluding hydrogens is 476 g/mol. The molecule has 4 amide bonds. The third-order valence-electron chi connectivity index (χ3n) is 5.68. The van der Waals surface area contributed by atoms with E-state index in [0.717, 1.165) is 0 Å². The second-order valence-corrected chi connectivity index (χ2v) is 9.49. The average molecular weight is 519 g/mol. The molecule has 0 heterocycles. The number of hydrogen-bond donors (Lipinski definition) is 7. The number of carboxylic acids is 1. The Labute approximate surface area is 211 Å². The van der Waals surface area contributed by atoms with E-state index in [-0.39, 0.29) is 25.2 Å². The first-order valence-corrected chi connectivity index (χ1v) is 13.2. The minimum Gasteiger partial charge on any atom is -0.480 e. The van der Waals surface area contributed by atoms with Gasteiger partial charge in [0.25, 0.3) is 0 Å². The maximum Gasteiger partial charge on any atom is 0.326 e. The number of nitrogens with one attached hydrogen (secondary N) is 3. The standard InChI is InChI=1S/C22H42N6O6S/c1-4-13(2)18(25)21(32)27-14(7-5-6-11-23)19(30)26-15(10-12-35-3)20(31)28-16(22(33)34)8-9-17(24)29/h13-16,18H,4-12,23,25H2,1-3H3,(H2,24,29)(H,26,30)(H,27,32)(H,28,31)(H,33,34). The van der Waals surface area contributed by atoms with Crippen LogP contribution in [0.5, 0.6) is 0 Å². The largest absolute Gasteiger partial charge is 0.480 e. The van der Waals surface area contributed by atoms with Crippen molar-refractivity contribution in [3.63, 3.8) is 0 Å². The van der Waals surface area contributed by atoms with Crippen LogP contribution in [-0.4, -0.2) is 77.4 Å². The van der Waals surface area contributed by atoms with Gasteiger partial charge >= 0.3 is 5.97 Å². The van der Waals surface area contributed by atoms with Crippen LogP contribution in [0.3, 0.4) is 0 Å². The molecule has 0 aliphatic heterocycles. The molecule has 0 fully saturated rings. The Kier molecular flexibility index (Phi) is 16.7. The maximum atomic E-state index is 13.1. The fourth-order valence-corrected chi connectivity index (χ4v) is 3.61. The zero-order valence-electron chi connectivity index (χ0n) is 20.9. The zero-order chi connectivity index (χ0) is 27.0. The molecule has 0 bridgehead atoms. The van der Waals surface area contributed by atoms with Crippen molar-refractivity contribution in [1.82, 2.24) is 16.0 Å². The van der Waals surface area contributed by atoms with E-state index in [1.165, 1.54) is 11.8 Å². The third kappa shape index (κ3) is 13.3. The predicted molar refractivity (Wildman–Crippen MR) is 135 cm³/mol. The highest BCUT2D eigenvalue weighted by atomic mass is 32.2. The number of carboxylic acid groups (broad SMARTS) is 1. The van der Waals surface area contributed by atoms with Gasteiger partial charge in [0.2, 0.25) is 23.6 Å². The van der Waals surface area contributed by atoms with Gasteiger partial charge in [-0.1, -0.05) is 20.3 Å². The van der Waals surface area contributed by atoms with Crippen molar-refractivity contribution in [2.45, 2.75) is 83.0 Å². The van der Waals surface area contributed by atoms with E-state index in [9.17, 15) is 29.1 Å². The highest BCUT2D eigenvalue weighted by Gasteiger charge is 2.30. The Morgan fingerprint density at radius 1 is 0.886 bits per heavy atom. The molecule has 0 aliphatic carbocycles. The Bertz CT molecular complexity index is 710. The van der Waals surface area contributed by atoms with Gasteiger partial charge in [0.1, 0.15) is 18.1 Å². The van der Waals surface area contributed by atoms with Crippen molar-refractivity contribution in [1.29, 1.82) is 0 Å². The molecule has 202 valence electrons. The fraction of sp³-hybridized carbons (Fsp3) is 0.773. The molecule has 0 aromatic heterocycles. The monoisotopic (exact) mass is 518 g/mol. The number of rotatable bonds is 19. The van der Waals surface area contributed by atoms with Gasteiger partial charge < -0.3 is 38.3 Å². The van der Waals surface area contributed by atoms with Gasteiger partial charge in [0.15, 0.2) is 0 Å². The highest BCUT2D eigenvalue weighted by Crippen LogP contribution is 2.09. The van der Waals surface area contributed by atoms with Crippen molar-refractivity contribution in [3.05, 3.63) is 0 Å². The topological polar surface area (TPSA) is 220 Å². The predicted octanol–water partition coefficient (Wildman–Crippen LogP) is -0.954. The lowest BCUT2D eigenvalue weighted by atomic mass is 9.98. The van der Waals surface area contributed by atoms with E-state index in [1.807, 2.05) is 20.1 Å². The number of nitrogens with two attached hydrogens (primary N) is 3. The normalized spacial score (nSPS) is 15.2. The molecule has 0 aliphatic rings. The van der Waals surface area contributed by atoms with E-state index in [4.69, 9.17) is 17.2 Å². The summed E-state index contributed by atoms with van der Waals surface area (Å²) in [5.41, 5.74) is 16.6. The number of aliphatic carboxylic acids is 1. The van der Waals surface area contributed by atoms with Crippen LogP contribution in [0.25, 0.3) is 0 Å². The van der Waals surface area contributed by atoms with Crippen LogP contribution >= 0.6 is 11.8 Å². The summed E-state index contributed by atoms with van der Waals surface area (Å²) in [5, 5.41) is 17.1. The van der Waals surface area contributed by atoms with Crippen LogP contribution in [0.4, 0.5) is 0 Å². The lowest BCUT2D eigenvalue weighted by molar-refractivity contribution is -0.142. The number of hydrogen-bond acceptors (Lipinski definition) is 8. The van der Waals surface area contributed by atoms with Crippen LogP contribution in [0.15, 0.2) is 0 Å². The third-order valence-corrected chi connectivity index (χ3v) is 6.32. The summed E-state index contributed by atoms with van der Waals surface area (Å²) in [5.74, 6) is -3.32. The Balaban J connectivity index is 5.50. The van der Waals surface area contributed by atoms with Crippen LogP contribution < -0.4 is 33.2 Å². The number of thioether (sulfide) groups is 1. The molecule has 0 aromatic carbocycles. The average Bonchev–Trinajstić information content (AvgIpc) is 2.81. The minimum absolute atomic E-state index is 0.0868. The van der Waals surface area contributed by atoms with Gasteiger partial charge in [-0.3, -0.25) is 19.2 Å². The van der Waals surface area contributed by atoms with Crippen molar-refractivity contribution < 1.29 is 29.1 Å². The molecule has 13 heteroatoms. The van der Waals surface area contributed by atoms with Crippen molar-refractivity contribution in [2.24, 2.45) is 23.1 Å². The summed E-state index contributed by atoms with van der Waals surface area (Å²) in [6.07, 6.45) is 3.88. The van der Waals surface area contributed by atoms with Crippen LogP contribution in [0.2, 0.25) is 0 Å². The van der Waals surface area contributed by atoms with Crippen molar-refractivity contribution in [2.75, 3.05) is 18.6 Å². The van der Waals surface area contributed by atoms with Gasteiger partial charge in [-0.25, -0.2) is 4.79 Å². The van der Waals surface area contributed by atoms with E-state index < -0.39 is 53.8 Å². The Morgan fingerprint density at radius 3 is 1.91 bits per heavy atom. The summed E-state index contributed by atoms with van der Waals surface area (Å²) in [6, 6.07) is -4.10. The maximum absolute atomic E-state index is 13.1. The van der Waals surface area contributed by atoms with Crippen molar-refractivity contribution >= 4 is 41.4 Å². The quantitative estimate of drug-likeness (QED) is 0.105. The number of amides is 4. The van der Waals surface area contributed by atoms with Gasteiger partial charge in [-0.15, -0.1) is 0 Å². The first-order chi connectivity index (χ1) is 16.5. The molecule has 0 aromatic rings. The molecule has 0 saturated carbocycles. The number of carbonyl (C=O) groups excluding carboxylic acids is 4. The minimum atomic E-state index is -1.34. The molecule has 12 nitrogen and oxygen atoms in total. The van der Waals surface area contributed by atoms with Crippen LogP contribution in [-0.2, 0) is 24.0 Å². The lowest BCUT2D eigenvalue weighted by Gasteiger charge is -2.26. The smallest absolute Gasteiger partial charge is 0.326 e. The first-order valence-electron chi connectivity index (χ1n) is 11.8. The summed E-state index contributed by atoms with van der Waals surface area (Å²) in [4.78, 5) is 61.1. The summed E-state index contributed by atoms with van der Waals surface area (Å²) in [7, 11) is 0. The molecule has 0 spiro atoms. The van der Waals surface area contributed by atoms with E-state index in [2.05, 4.69) is 16.0 Å². The summed E-state index contributed by atoms with van der Waals surface area (Å²) < 4.78 is 0. The second-order valence-electron chi connectivity index (χ2n) is 8.50. The molecule has 5 unspecified atom stereocenters. The van der Waals surface area contributed by atoms with Crippen LogP contribution in [0.1, 0.15) is 58.8 Å². The second kappa shape index (κ2) is 18.0. The fourth-order valence-electron chi connectivity index (χ4n) is 3.14. The van der Waals surface area contributed by atoms with Gasteiger partial charge in [-0.2, -0.15) is 11.8 Å². The molecule has 0 radical (unpaired) electrons. The molecule has 0 saturated heterocycles. The molecule has 0 rings (SSSR count). The number of carbonyl (C=O) groups is 5. The summed E-state index contributed by atoms with van der Waals surface area (Å²) in [6.45, 7) is 4.18. The van der Waals surface area contributed by atoms with Crippen LogP contribution in [0, 0.1) is 5.92 Å². The SMILES string of the molecule is CCC(C)C(N)C(=O)NC(CCCCN)C(=O)NC(CCSC)C(=O)NC(CCC(N)=O)C(=O)O. The molecule has 35 heavy (non-hydrogen) atoms. The van der Waals surface area contributed by atoms with E-state index >= 15 is 0 Å². The highest BCUT2D eigenvalue weighted by molar-refractivity contribution is 7.98. The van der Waals surface area contributed by atoms with E-state index in [1.54, 1.807) is 0 Å². The lowest BCUT2D eigenvalue weighted by Crippen LogP contribution is -2.57. The number of primary amides is 1.